The molecule has 1 saturated heterocycles. The molecule has 0 unspecified atom stereocenters. The van der Waals surface area contributed by atoms with E-state index in [0.29, 0.717) is 0 Å². The van der Waals surface area contributed by atoms with Crippen molar-refractivity contribution in [1.29, 1.82) is 0 Å². The van der Waals surface area contributed by atoms with Crippen LogP contribution in [0, 0.1) is 0 Å². The molecule has 1 aliphatic heterocycles. The predicted octanol–water partition coefficient (Wildman–Crippen LogP) is -0.796. The Morgan fingerprint density at radius 2 is 2.10 bits per heavy atom. The predicted molar refractivity (Wildman–Crippen MR) is 29.4 cm³/mol. The minimum absolute atomic E-state index is 0.0625. The number of cyclic esters (lactones) is 1. The van der Waals surface area contributed by atoms with E-state index >= 15 is 0 Å². The van der Waals surface area contributed by atoms with Crippen LogP contribution in [0.15, 0.2) is 10.3 Å². The van der Waals surface area contributed by atoms with E-state index in [2.05, 4.69) is 15.0 Å². The second-order valence-electron chi connectivity index (χ2n) is 1.57. The molecule has 0 aromatic carbocycles. The Bertz CT molecular complexity index is 219. The first-order valence-electron chi connectivity index (χ1n) is 2.40. The average molecular weight is 144 g/mol. The lowest BCUT2D eigenvalue weighted by molar-refractivity contribution is -0.132. The van der Waals surface area contributed by atoms with Gasteiger partial charge in [0, 0.05) is 0 Å². The lowest BCUT2D eigenvalue weighted by Crippen LogP contribution is -2.14. The third-order valence-electron chi connectivity index (χ3n) is 1.03. The fourth-order valence-corrected chi connectivity index (χ4v) is 0.563. The highest BCUT2D eigenvalue weighted by Gasteiger charge is 2.29. The van der Waals surface area contributed by atoms with E-state index in [1.54, 1.807) is 0 Å². The Balaban J connectivity index is 2.95. The largest absolute Gasteiger partial charge is 0.454 e. The molecule has 10 heavy (non-hydrogen) atoms. The molecule has 0 atom stereocenters. The van der Waals surface area contributed by atoms with E-state index in [1.807, 2.05) is 0 Å². The second kappa shape index (κ2) is 2.34. The van der Waals surface area contributed by atoms with Crippen molar-refractivity contribution in [2.45, 2.75) is 0 Å². The van der Waals surface area contributed by atoms with Crippen LogP contribution in [-0.4, -0.2) is 34.4 Å². The van der Waals surface area contributed by atoms with E-state index in [-0.39, 0.29) is 18.0 Å². The molecule has 0 spiro atoms. The minimum Gasteiger partial charge on any atom is -0.454 e. The van der Waals surface area contributed by atoms with Gasteiger partial charge in [0.1, 0.15) is 6.61 Å². The third kappa shape index (κ3) is 0.790. The molecule has 54 valence electrons. The second-order valence-corrected chi connectivity index (χ2v) is 1.57. The van der Waals surface area contributed by atoms with Crippen molar-refractivity contribution in [2.75, 3.05) is 6.61 Å². The summed E-state index contributed by atoms with van der Waals surface area (Å²) in [6, 6.07) is 0. The summed E-state index contributed by atoms with van der Waals surface area (Å²) in [7, 11) is 0. The first-order valence-corrected chi connectivity index (χ1v) is 2.40. The summed E-state index contributed by atoms with van der Waals surface area (Å²) >= 11 is 0. The Morgan fingerprint density at radius 3 is 2.50 bits per heavy atom. The van der Waals surface area contributed by atoms with Gasteiger partial charge in [-0.15, -0.1) is 0 Å². The normalized spacial score (nSPS) is 25.8. The van der Waals surface area contributed by atoms with E-state index in [1.165, 1.54) is 0 Å². The topological polar surface area (TPSA) is 91.5 Å². The lowest BCUT2D eigenvalue weighted by Gasteiger charge is -1.82. The summed E-state index contributed by atoms with van der Waals surface area (Å²) in [5.74, 6) is -0.782. The molecule has 0 aromatic rings. The van der Waals surface area contributed by atoms with Crippen molar-refractivity contribution >= 4 is 17.4 Å². The fourth-order valence-electron chi connectivity index (χ4n) is 0.563. The fraction of sp³-hybridized carbons (Fsp3) is 0.250. The lowest BCUT2D eigenvalue weighted by atomic mass is 10.3. The number of hydrogen-bond donors (Lipinski definition) is 2. The van der Waals surface area contributed by atoms with E-state index < -0.39 is 5.97 Å². The van der Waals surface area contributed by atoms with Gasteiger partial charge in [-0.1, -0.05) is 10.3 Å². The number of carbonyl (C=O) groups is 1. The van der Waals surface area contributed by atoms with Gasteiger partial charge < -0.3 is 15.2 Å². The number of esters is 1. The quantitative estimate of drug-likeness (QED) is 0.264. The Hall–Kier alpha value is -1.59. The zero-order valence-electron chi connectivity index (χ0n) is 4.81. The van der Waals surface area contributed by atoms with Gasteiger partial charge in [-0.3, -0.25) is 0 Å². The van der Waals surface area contributed by atoms with Gasteiger partial charge in [0.15, 0.2) is 5.71 Å². The Labute approximate surface area is 55.4 Å². The standard InChI is InChI=1S/C4H4N2O4/c7-4-3(6-9)2(5-8)1-10-4/h8-9H,1H2/b5-2-,6-3+. The summed E-state index contributed by atoms with van der Waals surface area (Å²) in [5.41, 5.74) is -0.407. The number of nitrogens with zero attached hydrogens (tertiary/aromatic N) is 2. The molecular formula is C4H4N2O4. The van der Waals surface area contributed by atoms with Crippen molar-refractivity contribution in [3.05, 3.63) is 0 Å². The van der Waals surface area contributed by atoms with Gasteiger partial charge in [0.25, 0.3) is 0 Å². The zero-order valence-corrected chi connectivity index (χ0v) is 4.81. The van der Waals surface area contributed by atoms with Crippen LogP contribution in [0.4, 0.5) is 0 Å². The summed E-state index contributed by atoms with van der Waals surface area (Å²) in [6.45, 7) is -0.144. The van der Waals surface area contributed by atoms with Crippen LogP contribution in [0.2, 0.25) is 0 Å². The van der Waals surface area contributed by atoms with Gasteiger partial charge in [0.2, 0.25) is 5.71 Å². The molecule has 0 saturated carbocycles. The van der Waals surface area contributed by atoms with Crippen molar-refractivity contribution < 1.29 is 19.9 Å². The van der Waals surface area contributed by atoms with Crippen LogP contribution in [-0.2, 0) is 9.53 Å². The van der Waals surface area contributed by atoms with Crippen LogP contribution in [0.5, 0.6) is 0 Å². The minimum atomic E-state index is -0.782. The molecule has 0 radical (unpaired) electrons. The maximum Gasteiger partial charge on any atom is 0.362 e. The first kappa shape index (κ1) is 6.53. The number of rotatable bonds is 0. The van der Waals surface area contributed by atoms with Crippen LogP contribution in [0.25, 0.3) is 0 Å². The molecule has 1 aliphatic rings. The van der Waals surface area contributed by atoms with Crippen molar-refractivity contribution in [2.24, 2.45) is 10.3 Å². The molecule has 1 heterocycles. The summed E-state index contributed by atoms with van der Waals surface area (Å²) in [5, 5.41) is 21.5. The average Bonchev–Trinajstić information content (AvgIpc) is 2.30. The van der Waals surface area contributed by atoms with Crippen LogP contribution in [0.3, 0.4) is 0 Å². The number of ether oxygens (including phenoxy) is 1. The number of carbonyl (C=O) groups excluding carboxylic acids is 1. The van der Waals surface area contributed by atoms with Crippen molar-refractivity contribution in [3.8, 4) is 0 Å². The van der Waals surface area contributed by atoms with E-state index in [9.17, 15) is 4.79 Å². The summed E-state index contributed by atoms with van der Waals surface area (Å²) < 4.78 is 4.34. The number of oxime groups is 2. The summed E-state index contributed by atoms with van der Waals surface area (Å²) in [4.78, 5) is 10.5. The van der Waals surface area contributed by atoms with E-state index in [0.717, 1.165) is 0 Å². The first-order chi connectivity index (χ1) is 4.79. The molecule has 0 amide bonds. The highest BCUT2D eigenvalue weighted by atomic mass is 16.5. The SMILES string of the molecule is O=C1OCC(=N/O)/C1=N\O. The van der Waals surface area contributed by atoms with Crippen LogP contribution in [0.1, 0.15) is 0 Å². The monoisotopic (exact) mass is 144 g/mol. The molecular weight excluding hydrogens is 140 g/mol. The zero-order chi connectivity index (χ0) is 7.56. The highest BCUT2D eigenvalue weighted by Crippen LogP contribution is 1.99. The number of hydrogen-bond acceptors (Lipinski definition) is 6. The van der Waals surface area contributed by atoms with Crippen molar-refractivity contribution in [3.63, 3.8) is 0 Å². The molecule has 0 bridgehead atoms. The molecule has 0 aliphatic carbocycles. The molecule has 6 heteroatoms. The Morgan fingerprint density at radius 1 is 1.40 bits per heavy atom. The molecule has 2 N–H and O–H groups in total. The maximum absolute atomic E-state index is 10.5. The van der Waals surface area contributed by atoms with E-state index in [4.69, 9.17) is 10.4 Å². The van der Waals surface area contributed by atoms with Crippen LogP contribution < -0.4 is 0 Å². The van der Waals surface area contributed by atoms with Gasteiger partial charge in [0.05, 0.1) is 0 Å². The third-order valence-corrected chi connectivity index (χ3v) is 1.03. The van der Waals surface area contributed by atoms with Gasteiger partial charge in [-0.25, -0.2) is 4.79 Å². The van der Waals surface area contributed by atoms with Crippen LogP contribution >= 0.6 is 0 Å². The highest BCUT2D eigenvalue weighted by molar-refractivity contribution is 6.68. The smallest absolute Gasteiger partial charge is 0.362 e. The maximum atomic E-state index is 10.5. The molecule has 1 fully saturated rings. The summed E-state index contributed by atoms with van der Waals surface area (Å²) in [6.07, 6.45) is 0. The van der Waals surface area contributed by atoms with Gasteiger partial charge >= 0.3 is 5.97 Å². The van der Waals surface area contributed by atoms with Gasteiger partial charge in [-0.05, 0) is 0 Å². The molecule has 1 rings (SSSR count). The molecule has 0 aromatic heterocycles. The van der Waals surface area contributed by atoms with Crippen molar-refractivity contribution in [1.82, 2.24) is 0 Å². The van der Waals surface area contributed by atoms with Gasteiger partial charge in [-0.2, -0.15) is 0 Å². The Kier molecular flexibility index (Phi) is 1.53. The molecule has 6 nitrogen and oxygen atoms in total.